The second kappa shape index (κ2) is 5.14. The fourth-order valence-corrected chi connectivity index (χ4v) is 1.06. The van der Waals surface area contributed by atoms with E-state index in [1.807, 2.05) is 0 Å². The summed E-state index contributed by atoms with van der Waals surface area (Å²) in [6.45, 7) is 2.87. The molecule has 0 unspecified atom stereocenters. The first kappa shape index (κ1) is 11.2. The summed E-state index contributed by atoms with van der Waals surface area (Å²) in [5.74, 6) is 0.268. The van der Waals surface area contributed by atoms with Gasteiger partial charge in [-0.25, -0.2) is 0 Å². The van der Waals surface area contributed by atoms with Crippen molar-refractivity contribution in [2.45, 2.75) is 13.8 Å². The third kappa shape index (κ3) is 3.81. The van der Waals surface area contributed by atoms with Gasteiger partial charge in [-0.1, -0.05) is 12.1 Å². The lowest BCUT2D eigenvalue weighted by molar-refractivity contribution is -0.118. The molecule has 1 aromatic carbocycles. The number of benzene rings is 1. The minimum atomic E-state index is -0.172. The average Bonchev–Trinajstić information content (AvgIpc) is 2.15. The molecule has 0 heterocycles. The summed E-state index contributed by atoms with van der Waals surface area (Å²) in [6, 6.07) is 6.98. The molecule has 4 heteroatoms. The van der Waals surface area contributed by atoms with Gasteiger partial charge in [-0.05, 0) is 19.1 Å². The normalized spacial score (nSPS) is 9.47. The molecule has 80 valence electrons. The summed E-state index contributed by atoms with van der Waals surface area (Å²) in [7, 11) is 0. The van der Waals surface area contributed by atoms with Gasteiger partial charge in [0, 0.05) is 6.92 Å². The number of hydrogen-bond acceptors (Lipinski definition) is 3. The summed E-state index contributed by atoms with van der Waals surface area (Å²) in [5, 5.41) is 2.62. The molecule has 1 amide bonds. The van der Waals surface area contributed by atoms with Crippen LogP contribution in [-0.2, 0) is 9.59 Å². The number of rotatable bonds is 4. The van der Waals surface area contributed by atoms with Crippen LogP contribution in [0.5, 0.6) is 5.75 Å². The minimum absolute atomic E-state index is 0.0105. The van der Waals surface area contributed by atoms with E-state index in [-0.39, 0.29) is 18.3 Å². The van der Waals surface area contributed by atoms with Crippen molar-refractivity contribution in [2.75, 3.05) is 11.9 Å². The summed E-state index contributed by atoms with van der Waals surface area (Å²) in [6.07, 6.45) is 0. The van der Waals surface area contributed by atoms with E-state index in [1.54, 1.807) is 24.3 Å². The zero-order valence-electron chi connectivity index (χ0n) is 8.74. The van der Waals surface area contributed by atoms with E-state index >= 15 is 0 Å². The lowest BCUT2D eigenvalue weighted by Gasteiger charge is -2.09. The van der Waals surface area contributed by atoms with Gasteiger partial charge >= 0.3 is 0 Å². The first-order valence-corrected chi connectivity index (χ1v) is 4.58. The quantitative estimate of drug-likeness (QED) is 0.816. The van der Waals surface area contributed by atoms with Crippen molar-refractivity contribution in [1.82, 2.24) is 0 Å². The molecule has 0 atom stereocenters. The Morgan fingerprint density at radius 1 is 1.27 bits per heavy atom. The molecule has 0 saturated heterocycles. The van der Waals surface area contributed by atoms with Crippen LogP contribution >= 0.6 is 0 Å². The fraction of sp³-hybridized carbons (Fsp3) is 0.273. The third-order valence-corrected chi connectivity index (χ3v) is 1.63. The van der Waals surface area contributed by atoms with Gasteiger partial charge in [-0.15, -0.1) is 0 Å². The van der Waals surface area contributed by atoms with E-state index in [2.05, 4.69) is 5.32 Å². The molecular weight excluding hydrogens is 194 g/mol. The Hall–Kier alpha value is -1.84. The van der Waals surface area contributed by atoms with Crippen molar-refractivity contribution in [1.29, 1.82) is 0 Å². The van der Waals surface area contributed by atoms with Crippen LogP contribution < -0.4 is 10.1 Å². The Labute approximate surface area is 88.2 Å². The maximum absolute atomic E-state index is 10.9. The SMILES string of the molecule is CC(=O)COc1ccccc1NC(C)=O. The third-order valence-electron chi connectivity index (χ3n) is 1.63. The summed E-state index contributed by atoms with van der Waals surface area (Å²) >= 11 is 0. The molecule has 4 nitrogen and oxygen atoms in total. The van der Waals surface area contributed by atoms with E-state index in [1.165, 1.54) is 13.8 Å². The predicted molar refractivity (Wildman–Crippen MR) is 56.9 cm³/mol. The number of carbonyl (C=O) groups is 2. The maximum Gasteiger partial charge on any atom is 0.221 e. The zero-order chi connectivity index (χ0) is 11.3. The summed E-state index contributed by atoms with van der Waals surface area (Å²) < 4.78 is 5.24. The van der Waals surface area contributed by atoms with Crippen LogP contribution in [0.1, 0.15) is 13.8 Å². The highest BCUT2D eigenvalue weighted by molar-refractivity contribution is 5.90. The predicted octanol–water partition coefficient (Wildman–Crippen LogP) is 1.61. The van der Waals surface area contributed by atoms with Gasteiger partial charge in [0.15, 0.2) is 5.78 Å². The molecule has 0 bridgehead atoms. The number of para-hydroxylation sites is 2. The Kier molecular flexibility index (Phi) is 3.85. The lowest BCUT2D eigenvalue weighted by atomic mass is 10.3. The van der Waals surface area contributed by atoms with Crippen molar-refractivity contribution in [3.63, 3.8) is 0 Å². The topological polar surface area (TPSA) is 55.4 Å². The van der Waals surface area contributed by atoms with Crippen LogP contribution in [0.4, 0.5) is 5.69 Å². The van der Waals surface area contributed by atoms with Gasteiger partial charge in [-0.3, -0.25) is 9.59 Å². The number of anilines is 1. The largest absolute Gasteiger partial charge is 0.484 e. The molecule has 1 N–H and O–H groups in total. The van der Waals surface area contributed by atoms with Crippen LogP contribution in [0.15, 0.2) is 24.3 Å². The molecule has 0 aromatic heterocycles. The van der Waals surface area contributed by atoms with E-state index in [4.69, 9.17) is 4.74 Å². The Morgan fingerprint density at radius 3 is 2.53 bits per heavy atom. The van der Waals surface area contributed by atoms with Crippen molar-refractivity contribution in [3.05, 3.63) is 24.3 Å². The number of nitrogens with one attached hydrogen (secondary N) is 1. The van der Waals surface area contributed by atoms with Gasteiger partial charge in [0.05, 0.1) is 5.69 Å². The number of Topliss-reactive ketones (excluding diaryl/α,β-unsaturated/α-hetero) is 1. The maximum atomic E-state index is 10.9. The monoisotopic (exact) mass is 207 g/mol. The van der Waals surface area contributed by atoms with Crippen LogP contribution in [-0.4, -0.2) is 18.3 Å². The molecule has 0 fully saturated rings. The van der Waals surface area contributed by atoms with Crippen LogP contribution in [0.3, 0.4) is 0 Å². The highest BCUT2D eigenvalue weighted by Crippen LogP contribution is 2.23. The van der Waals surface area contributed by atoms with Gasteiger partial charge < -0.3 is 10.1 Å². The molecule has 1 aromatic rings. The molecule has 0 aliphatic carbocycles. The van der Waals surface area contributed by atoms with E-state index in [0.29, 0.717) is 11.4 Å². The number of ether oxygens (including phenoxy) is 1. The molecule has 0 spiro atoms. The van der Waals surface area contributed by atoms with Gasteiger partial charge in [0.25, 0.3) is 0 Å². The van der Waals surface area contributed by atoms with Crippen LogP contribution in [0.25, 0.3) is 0 Å². The Morgan fingerprint density at radius 2 is 1.93 bits per heavy atom. The fourth-order valence-electron chi connectivity index (χ4n) is 1.06. The second-order valence-electron chi connectivity index (χ2n) is 3.17. The first-order valence-electron chi connectivity index (χ1n) is 4.58. The number of amides is 1. The molecule has 0 aliphatic heterocycles. The van der Waals surface area contributed by atoms with Crippen molar-refractivity contribution in [3.8, 4) is 5.75 Å². The molecule has 0 radical (unpaired) electrons. The van der Waals surface area contributed by atoms with E-state index < -0.39 is 0 Å². The lowest BCUT2D eigenvalue weighted by Crippen LogP contribution is -2.11. The first-order chi connectivity index (χ1) is 7.09. The van der Waals surface area contributed by atoms with Crippen molar-refractivity contribution >= 4 is 17.4 Å². The van der Waals surface area contributed by atoms with Crippen molar-refractivity contribution < 1.29 is 14.3 Å². The Balaban J connectivity index is 2.76. The van der Waals surface area contributed by atoms with Gasteiger partial charge in [-0.2, -0.15) is 0 Å². The zero-order valence-corrected chi connectivity index (χ0v) is 8.74. The number of ketones is 1. The number of hydrogen-bond donors (Lipinski definition) is 1. The summed E-state index contributed by atoms with van der Waals surface area (Å²) in [4.78, 5) is 21.6. The second-order valence-corrected chi connectivity index (χ2v) is 3.17. The Bertz CT molecular complexity index is 374. The average molecular weight is 207 g/mol. The minimum Gasteiger partial charge on any atom is -0.484 e. The van der Waals surface area contributed by atoms with E-state index in [0.717, 1.165) is 0 Å². The van der Waals surface area contributed by atoms with Crippen molar-refractivity contribution in [2.24, 2.45) is 0 Å². The highest BCUT2D eigenvalue weighted by atomic mass is 16.5. The van der Waals surface area contributed by atoms with E-state index in [9.17, 15) is 9.59 Å². The molecule has 15 heavy (non-hydrogen) atoms. The standard InChI is InChI=1S/C11H13NO3/c1-8(13)7-15-11-6-4-3-5-10(11)12-9(2)14/h3-6H,7H2,1-2H3,(H,12,14). The molecule has 1 rings (SSSR count). The molecule has 0 saturated carbocycles. The van der Waals surface area contributed by atoms with Crippen LogP contribution in [0.2, 0.25) is 0 Å². The summed E-state index contributed by atoms with van der Waals surface area (Å²) in [5.41, 5.74) is 0.575. The van der Waals surface area contributed by atoms with Gasteiger partial charge in [0.1, 0.15) is 12.4 Å². The molecular formula is C11H13NO3. The number of carbonyl (C=O) groups excluding carboxylic acids is 2. The van der Waals surface area contributed by atoms with Crippen LogP contribution in [0, 0.1) is 0 Å². The van der Waals surface area contributed by atoms with Gasteiger partial charge in [0.2, 0.25) is 5.91 Å². The smallest absolute Gasteiger partial charge is 0.221 e. The highest BCUT2D eigenvalue weighted by Gasteiger charge is 2.04. The molecule has 0 aliphatic rings.